The largest absolute Gasteiger partial charge is 0.481 e. The molecule has 1 aliphatic carbocycles. The number of aliphatic carboxylic acids is 1. The Labute approximate surface area is 185 Å². The van der Waals surface area contributed by atoms with Crippen LogP contribution in [0.2, 0.25) is 0 Å². The highest BCUT2D eigenvalue weighted by Gasteiger charge is 2.51. The number of imidazole rings is 1. The molecule has 7 nitrogen and oxygen atoms in total. The van der Waals surface area contributed by atoms with Gasteiger partial charge in [0.15, 0.2) is 5.82 Å². The third-order valence-electron chi connectivity index (χ3n) is 5.87. The van der Waals surface area contributed by atoms with Gasteiger partial charge in [-0.3, -0.25) is 9.78 Å². The fourth-order valence-electron chi connectivity index (χ4n) is 3.60. The van der Waals surface area contributed by atoms with Crippen molar-refractivity contribution in [2.45, 2.75) is 19.8 Å². The normalized spacial score (nSPS) is 14.2. The van der Waals surface area contributed by atoms with Gasteiger partial charge < -0.3 is 14.8 Å². The molecule has 1 aliphatic rings. The number of pyridine rings is 2. The molecule has 0 aliphatic heterocycles. The number of hydrogen-bond donors (Lipinski definition) is 2. The maximum absolute atomic E-state index is 11.3. The lowest BCUT2D eigenvalue weighted by molar-refractivity contribution is -0.144. The summed E-state index contributed by atoms with van der Waals surface area (Å²) in [6, 6.07) is 15.8. The number of benzene rings is 1. The predicted molar refractivity (Wildman–Crippen MR) is 120 cm³/mol. The summed E-state index contributed by atoms with van der Waals surface area (Å²) in [6.07, 6.45) is 6.65. The van der Waals surface area contributed by atoms with E-state index in [1.54, 1.807) is 12.4 Å². The van der Waals surface area contributed by atoms with E-state index in [0.29, 0.717) is 24.5 Å². The van der Waals surface area contributed by atoms with Crippen LogP contribution in [-0.2, 0) is 4.79 Å². The Kier molecular flexibility index (Phi) is 4.93. The number of nitrogens with one attached hydrogen (secondary N) is 1. The average molecular weight is 426 g/mol. The fraction of sp³-hybridized carbons (Fsp3) is 0.200. The number of H-pyrrole nitrogens is 1. The molecule has 7 heteroatoms. The van der Waals surface area contributed by atoms with E-state index in [1.165, 1.54) is 0 Å². The lowest BCUT2D eigenvalue weighted by Crippen LogP contribution is -2.23. The lowest BCUT2D eigenvalue weighted by Gasteiger charge is -2.13. The summed E-state index contributed by atoms with van der Waals surface area (Å²) in [5.74, 6) is 0.346. The summed E-state index contributed by atoms with van der Waals surface area (Å²) >= 11 is 0. The van der Waals surface area contributed by atoms with Gasteiger partial charge in [0.1, 0.15) is 17.7 Å². The SMILES string of the molecule is Cc1cc(OCC2(C(=O)O)CC2)ncc1-c1ccc(-c2ncc(-c3ccccc3)[nH]2)nc1. The number of carboxylic acid groups (broad SMARTS) is 1. The molecule has 0 amide bonds. The Morgan fingerprint density at radius 3 is 2.50 bits per heavy atom. The van der Waals surface area contributed by atoms with Crippen LogP contribution in [0.4, 0.5) is 0 Å². The molecule has 0 atom stereocenters. The molecule has 0 unspecified atom stereocenters. The molecule has 1 saturated carbocycles. The van der Waals surface area contributed by atoms with Gasteiger partial charge >= 0.3 is 5.97 Å². The van der Waals surface area contributed by atoms with Crippen molar-refractivity contribution in [3.63, 3.8) is 0 Å². The molecule has 160 valence electrons. The predicted octanol–water partition coefficient (Wildman–Crippen LogP) is 4.75. The van der Waals surface area contributed by atoms with Crippen LogP contribution >= 0.6 is 0 Å². The number of carbonyl (C=O) groups is 1. The highest BCUT2D eigenvalue weighted by atomic mass is 16.5. The van der Waals surface area contributed by atoms with Crippen LogP contribution < -0.4 is 4.74 Å². The Morgan fingerprint density at radius 2 is 1.84 bits per heavy atom. The zero-order valence-corrected chi connectivity index (χ0v) is 17.6. The first kappa shape index (κ1) is 19.9. The first-order chi connectivity index (χ1) is 15.5. The van der Waals surface area contributed by atoms with Crippen molar-refractivity contribution >= 4 is 5.97 Å². The van der Waals surface area contributed by atoms with Crippen LogP contribution in [0.5, 0.6) is 5.88 Å². The van der Waals surface area contributed by atoms with Crippen molar-refractivity contribution in [3.05, 3.63) is 72.7 Å². The van der Waals surface area contributed by atoms with E-state index in [2.05, 4.69) is 19.9 Å². The second kappa shape index (κ2) is 7.92. The molecule has 2 N–H and O–H groups in total. The topological polar surface area (TPSA) is 101 Å². The molecular weight excluding hydrogens is 404 g/mol. The second-order valence-corrected chi connectivity index (χ2v) is 8.16. The number of aromatic nitrogens is 4. The number of hydrogen-bond acceptors (Lipinski definition) is 5. The minimum atomic E-state index is -0.801. The van der Waals surface area contributed by atoms with Gasteiger partial charge in [0.2, 0.25) is 5.88 Å². The first-order valence-corrected chi connectivity index (χ1v) is 10.4. The van der Waals surface area contributed by atoms with E-state index in [9.17, 15) is 9.90 Å². The summed E-state index contributed by atoms with van der Waals surface area (Å²) < 4.78 is 5.66. The van der Waals surface area contributed by atoms with Crippen molar-refractivity contribution in [1.29, 1.82) is 0 Å². The highest BCUT2D eigenvalue weighted by molar-refractivity contribution is 5.78. The van der Waals surface area contributed by atoms with Gasteiger partial charge in [-0.2, -0.15) is 0 Å². The zero-order valence-electron chi connectivity index (χ0n) is 17.6. The number of aryl methyl sites for hydroxylation is 1. The van der Waals surface area contributed by atoms with E-state index >= 15 is 0 Å². The molecule has 0 radical (unpaired) electrons. The number of aromatic amines is 1. The molecule has 3 aromatic heterocycles. The molecule has 1 fully saturated rings. The van der Waals surface area contributed by atoms with Gasteiger partial charge in [0.05, 0.1) is 11.9 Å². The number of nitrogens with zero attached hydrogens (tertiary/aromatic N) is 3. The van der Waals surface area contributed by atoms with Gasteiger partial charge in [-0.1, -0.05) is 36.4 Å². The van der Waals surface area contributed by atoms with Crippen LogP contribution in [0.1, 0.15) is 18.4 Å². The Morgan fingerprint density at radius 1 is 1.03 bits per heavy atom. The molecular formula is C25H22N4O3. The van der Waals surface area contributed by atoms with E-state index in [0.717, 1.165) is 33.6 Å². The third-order valence-corrected chi connectivity index (χ3v) is 5.87. The van der Waals surface area contributed by atoms with Gasteiger partial charge in [-0.15, -0.1) is 0 Å². The van der Waals surface area contributed by atoms with E-state index in [1.807, 2.05) is 61.7 Å². The minimum absolute atomic E-state index is 0.151. The van der Waals surface area contributed by atoms with Crippen LogP contribution in [0.3, 0.4) is 0 Å². The second-order valence-electron chi connectivity index (χ2n) is 8.16. The average Bonchev–Trinajstić information content (AvgIpc) is 3.46. The first-order valence-electron chi connectivity index (χ1n) is 10.4. The molecule has 1 aromatic carbocycles. The Hall–Kier alpha value is -4.00. The van der Waals surface area contributed by atoms with E-state index < -0.39 is 11.4 Å². The third kappa shape index (κ3) is 3.85. The van der Waals surface area contributed by atoms with Crippen molar-refractivity contribution in [2.75, 3.05) is 6.61 Å². The minimum Gasteiger partial charge on any atom is -0.481 e. The summed E-state index contributed by atoms with van der Waals surface area (Å²) in [6.45, 7) is 2.12. The van der Waals surface area contributed by atoms with E-state index in [-0.39, 0.29) is 6.61 Å². The number of ether oxygens (including phenoxy) is 1. The lowest BCUT2D eigenvalue weighted by atomic mass is 10.0. The fourth-order valence-corrected chi connectivity index (χ4v) is 3.60. The molecule has 0 bridgehead atoms. The smallest absolute Gasteiger partial charge is 0.313 e. The summed E-state index contributed by atoms with van der Waals surface area (Å²) in [4.78, 5) is 28.0. The van der Waals surface area contributed by atoms with Crippen LogP contribution in [-0.4, -0.2) is 37.6 Å². The van der Waals surface area contributed by atoms with Crippen molar-refractivity contribution in [2.24, 2.45) is 5.41 Å². The van der Waals surface area contributed by atoms with Crippen LogP contribution in [0.25, 0.3) is 33.9 Å². The quantitative estimate of drug-likeness (QED) is 0.442. The van der Waals surface area contributed by atoms with Crippen molar-refractivity contribution < 1.29 is 14.6 Å². The molecule has 0 spiro atoms. The van der Waals surface area contributed by atoms with Gasteiger partial charge in [0, 0.05) is 29.6 Å². The van der Waals surface area contributed by atoms with Crippen molar-refractivity contribution in [1.82, 2.24) is 19.9 Å². The Bertz CT molecular complexity index is 1260. The number of rotatable bonds is 7. The number of carboxylic acids is 1. The maximum Gasteiger partial charge on any atom is 0.313 e. The van der Waals surface area contributed by atoms with Gasteiger partial charge in [0.25, 0.3) is 0 Å². The molecule has 3 heterocycles. The molecule has 32 heavy (non-hydrogen) atoms. The highest BCUT2D eigenvalue weighted by Crippen LogP contribution is 2.46. The monoisotopic (exact) mass is 426 g/mol. The van der Waals surface area contributed by atoms with E-state index in [4.69, 9.17) is 4.74 Å². The summed E-state index contributed by atoms with van der Waals surface area (Å²) in [7, 11) is 0. The zero-order chi connectivity index (χ0) is 22.1. The summed E-state index contributed by atoms with van der Waals surface area (Å²) in [5.41, 5.74) is 4.89. The van der Waals surface area contributed by atoms with Gasteiger partial charge in [-0.05, 0) is 37.0 Å². The van der Waals surface area contributed by atoms with Crippen molar-refractivity contribution in [3.8, 4) is 39.8 Å². The maximum atomic E-state index is 11.3. The van der Waals surface area contributed by atoms with Crippen LogP contribution in [0.15, 0.2) is 67.1 Å². The molecule has 4 aromatic rings. The van der Waals surface area contributed by atoms with Crippen LogP contribution in [0, 0.1) is 12.3 Å². The molecule has 0 saturated heterocycles. The molecule has 5 rings (SSSR count). The standard InChI is InChI=1S/C25H22N4O3/c1-16-11-22(32-15-25(9-10-25)24(30)31)27-13-19(16)18-7-8-20(26-12-18)23-28-14-21(29-23)17-5-3-2-4-6-17/h2-8,11-14H,9-10,15H2,1H3,(H,28,29)(H,30,31). The summed E-state index contributed by atoms with van der Waals surface area (Å²) in [5, 5.41) is 9.28. The van der Waals surface area contributed by atoms with Gasteiger partial charge in [-0.25, -0.2) is 9.97 Å². The Balaban J connectivity index is 1.31.